The summed E-state index contributed by atoms with van der Waals surface area (Å²) >= 11 is 0. The molecule has 1 saturated heterocycles. The molecule has 0 spiro atoms. The molecule has 1 aromatic rings. The molecule has 4 heteroatoms. The summed E-state index contributed by atoms with van der Waals surface area (Å²) in [6.07, 6.45) is 5.77. The van der Waals surface area contributed by atoms with E-state index in [9.17, 15) is 0 Å². The molecule has 102 valence electrons. The average molecular weight is 250 g/mol. The zero-order valence-electron chi connectivity index (χ0n) is 11.7. The molecule has 0 aliphatic carbocycles. The zero-order chi connectivity index (χ0) is 12.8. The van der Waals surface area contributed by atoms with Crippen molar-refractivity contribution in [2.24, 2.45) is 13.0 Å². The topological polar surface area (TPSA) is 33.1 Å². The van der Waals surface area contributed by atoms with Crippen LogP contribution >= 0.6 is 0 Å². The molecule has 1 fully saturated rings. The lowest BCUT2D eigenvalue weighted by molar-refractivity contribution is 0.195. The number of aryl methyl sites for hydroxylation is 1. The third-order valence-corrected chi connectivity index (χ3v) is 3.82. The number of nitrogens with one attached hydrogen (secondary N) is 1. The van der Waals surface area contributed by atoms with Crippen molar-refractivity contribution in [3.05, 3.63) is 18.0 Å². The molecule has 2 rings (SSSR count). The number of rotatable bonds is 6. The monoisotopic (exact) mass is 250 g/mol. The summed E-state index contributed by atoms with van der Waals surface area (Å²) in [5, 5.41) is 7.70. The lowest BCUT2D eigenvalue weighted by Gasteiger charge is -2.29. The van der Waals surface area contributed by atoms with E-state index in [1.54, 1.807) is 0 Å². The third kappa shape index (κ3) is 3.82. The van der Waals surface area contributed by atoms with Crippen molar-refractivity contribution in [2.45, 2.75) is 32.7 Å². The van der Waals surface area contributed by atoms with Crippen molar-refractivity contribution < 1.29 is 0 Å². The first kappa shape index (κ1) is 13.6. The van der Waals surface area contributed by atoms with E-state index in [-0.39, 0.29) is 0 Å². The van der Waals surface area contributed by atoms with E-state index in [2.05, 4.69) is 28.3 Å². The van der Waals surface area contributed by atoms with Gasteiger partial charge in [-0.3, -0.25) is 9.58 Å². The highest BCUT2D eigenvalue weighted by molar-refractivity contribution is 4.99. The van der Waals surface area contributed by atoms with Gasteiger partial charge in [0.2, 0.25) is 0 Å². The predicted octanol–water partition coefficient (Wildman–Crippen LogP) is 1.63. The van der Waals surface area contributed by atoms with Crippen molar-refractivity contribution >= 4 is 0 Å². The van der Waals surface area contributed by atoms with Crippen LogP contribution < -0.4 is 5.32 Å². The average Bonchev–Trinajstić information content (AvgIpc) is 2.77. The molecular formula is C14H26N4. The van der Waals surface area contributed by atoms with Gasteiger partial charge in [0.1, 0.15) is 0 Å². The minimum atomic E-state index is 0.867. The van der Waals surface area contributed by atoms with Crippen LogP contribution in [0.15, 0.2) is 12.3 Å². The molecule has 4 nitrogen and oxygen atoms in total. The number of hydrogen-bond donors (Lipinski definition) is 1. The van der Waals surface area contributed by atoms with Crippen LogP contribution in [0, 0.1) is 5.92 Å². The molecule has 0 bridgehead atoms. The lowest BCUT2D eigenvalue weighted by Crippen LogP contribution is -2.36. The Morgan fingerprint density at radius 3 is 2.83 bits per heavy atom. The largest absolute Gasteiger partial charge is 0.317 e. The quantitative estimate of drug-likeness (QED) is 0.833. The maximum absolute atomic E-state index is 4.26. The van der Waals surface area contributed by atoms with Gasteiger partial charge in [-0.2, -0.15) is 5.10 Å². The van der Waals surface area contributed by atoms with Gasteiger partial charge in [-0.05, 0) is 50.9 Å². The van der Waals surface area contributed by atoms with Gasteiger partial charge in [0.05, 0.1) is 5.69 Å². The molecular weight excluding hydrogens is 224 g/mol. The van der Waals surface area contributed by atoms with E-state index in [1.165, 1.54) is 51.1 Å². The fourth-order valence-corrected chi connectivity index (χ4v) is 2.77. The van der Waals surface area contributed by atoms with Crippen LogP contribution in [0.5, 0.6) is 0 Å². The van der Waals surface area contributed by atoms with Crippen molar-refractivity contribution in [1.29, 1.82) is 0 Å². The summed E-state index contributed by atoms with van der Waals surface area (Å²) in [5.74, 6) is 0.867. The number of hydrogen-bond acceptors (Lipinski definition) is 3. The van der Waals surface area contributed by atoms with Crippen LogP contribution in [-0.4, -0.2) is 40.9 Å². The van der Waals surface area contributed by atoms with E-state index >= 15 is 0 Å². The van der Waals surface area contributed by atoms with E-state index in [0.29, 0.717) is 0 Å². The smallest absolute Gasteiger partial charge is 0.0521 e. The third-order valence-electron chi connectivity index (χ3n) is 3.82. The molecule has 0 amide bonds. The molecule has 1 N–H and O–H groups in total. The van der Waals surface area contributed by atoms with Crippen LogP contribution in [0.4, 0.5) is 0 Å². The molecule has 0 aromatic carbocycles. The summed E-state index contributed by atoms with van der Waals surface area (Å²) in [6, 6.07) is 2.13. The summed E-state index contributed by atoms with van der Waals surface area (Å²) in [7, 11) is 2.03. The Labute approximate surface area is 110 Å². The van der Waals surface area contributed by atoms with E-state index in [0.717, 1.165) is 12.5 Å². The van der Waals surface area contributed by atoms with Gasteiger partial charge in [-0.15, -0.1) is 0 Å². The van der Waals surface area contributed by atoms with Gasteiger partial charge in [-0.25, -0.2) is 0 Å². The SMILES string of the molecule is CCCN(Cc1ccnn1C)CC1CCNCC1. The van der Waals surface area contributed by atoms with Gasteiger partial charge in [-0.1, -0.05) is 6.92 Å². The maximum Gasteiger partial charge on any atom is 0.0521 e. The maximum atomic E-state index is 4.26. The molecule has 2 heterocycles. The normalized spacial score (nSPS) is 17.5. The highest BCUT2D eigenvalue weighted by atomic mass is 15.3. The van der Waals surface area contributed by atoms with E-state index in [4.69, 9.17) is 0 Å². The standard InChI is InChI=1S/C14H26N4/c1-3-10-18(11-13-4-7-15-8-5-13)12-14-6-9-16-17(14)2/h6,9,13,15H,3-5,7-8,10-12H2,1-2H3. The Bertz CT molecular complexity index is 341. The summed E-state index contributed by atoms with van der Waals surface area (Å²) in [4.78, 5) is 2.59. The lowest BCUT2D eigenvalue weighted by atomic mass is 9.97. The second-order valence-electron chi connectivity index (χ2n) is 5.37. The van der Waals surface area contributed by atoms with Gasteiger partial charge in [0.25, 0.3) is 0 Å². The first-order chi connectivity index (χ1) is 8.79. The Morgan fingerprint density at radius 2 is 2.22 bits per heavy atom. The Morgan fingerprint density at radius 1 is 1.44 bits per heavy atom. The van der Waals surface area contributed by atoms with Gasteiger partial charge >= 0.3 is 0 Å². The highest BCUT2D eigenvalue weighted by Gasteiger charge is 2.17. The van der Waals surface area contributed by atoms with Crippen LogP contribution in [0.1, 0.15) is 31.9 Å². The van der Waals surface area contributed by atoms with Gasteiger partial charge in [0, 0.05) is 26.3 Å². The molecule has 1 aliphatic heterocycles. The molecule has 0 atom stereocenters. The highest BCUT2D eigenvalue weighted by Crippen LogP contribution is 2.15. The Hall–Kier alpha value is -0.870. The van der Waals surface area contributed by atoms with Crippen LogP contribution in [0.25, 0.3) is 0 Å². The summed E-state index contributed by atoms with van der Waals surface area (Å²) < 4.78 is 1.99. The number of aromatic nitrogens is 2. The molecule has 0 saturated carbocycles. The predicted molar refractivity (Wildman–Crippen MR) is 74.4 cm³/mol. The Balaban J connectivity index is 1.88. The van der Waals surface area contributed by atoms with Gasteiger partial charge < -0.3 is 5.32 Å². The molecule has 1 aliphatic rings. The Kier molecular flexibility index (Phi) is 5.20. The number of piperidine rings is 1. The summed E-state index contributed by atoms with van der Waals surface area (Å²) in [6.45, 7) is 8.11. The molecule has 0 unspecified atom stereocenters. The second-order valence-corrected chi connectivity index (χ2v) is 5.37. The van der Waals surface area contributed by atoms with Crippen LogP contribution in [0.3, 0.4) is 0 Å². The first-order valence-electron chi connectivity index (χ1n) is 7.19. The van der Waals surface area contributed by atoms with Crippen LogP contribution in [-0.2, 0) is 13.6 Å². The van der Waals surface area contributed by atoms with E-state index in [1.807, 2.05) is 17.9 Å². The van der Waals surface area contributed by atoms with Gasteiger partial charge in [0.15, 0.2) is 0 Å². The van der Waals surface area contributed by atoms with Crippen molar-refractivity contribution in [3.8, 4) is 0 Å². The molecule has 0 radical (unpaired) electrons. The van der Waals surface area contributed by atoms with Crippen LogP contribution in [0.2, 0.25) is 0 Å². The number of nitrogens with zero attached hydrogens (tertiary/aromatic N) is 3. The fraction of sp³-hybridized carbons (Fsp3) is 0.786. The molecule has 18 heavy (non-hydrogen) atoms. The van der Waals surface area contributed by atoms with Crippen molar-refractivity contribution in [2.75, 3.05) is 26.2 Å². The van der Waals surface area contributed by atoms with E-state index < -0.39 is 0 Å². The minimum Gasteiger partial charge on any atom is -0.317 e. The first-order valence-corrected chi connectivity index (χ1v) is 7.19. The second kappa shape index (κ2) is 6.90. The van der Waals surface area contributed by atoms with Crippen molar-refractivity contribution in [1.82, 2.24) is 20.0 Å². The minimum absolute atomic E-state index is 0.867. The zero-order valence-corrected chi connectivity index (χ0v) is 11.7. The fourth-order valence-electron chi connectivity index (χ4n) is 2.77. The summed E-state index contributed by atoms with van der Waals surface area (Å²) in [5.41, 5.74) is 1.32. The molecule has 1 aromatic heterocycles. The van der Waals surface area contributed by atoms with Crippen molar-refractivity contribution in [3.63, 3.8) is 0 Å².